The van der Waals surface area contributed by atoms with Crippen molar-refractivity contribution in [3.63, 3.8) is 0 Å². The number of halogens is 3. The second-order valence-corrected chi connectivity index (χ2v) is 12.8. The van der Waals surface area contributed by atoms with Gasteiger partial charge in [0.1, 0.15) is 12.6 Å². The van der Waals surface area contributed by atoms with Gasteiger partial charge >= 0.3 is 0 Å². The third-order valence-corrected chi connectivity index (χ3v) is 9.73. The maximum atomic E-state index is 14.0. The number of carbonyl (C=O) groups is 2. The number of nitrogens with zero attached hydrogens (tertiary/aromatic N) is 2. The standard InChI is InChI=1S/C29H30Cl3N3O4S/c1-20(29(37)33-22-8-5-6-9-22)34(18-25-26(31)12-7-13-27(25)32)28(36)19-35(23-10-3-2-4-11-23)40(38,39)24-16-14-21(30)15-17-24/h2-4,7,10-17,20,22H,5-6,8-9,18-19H2,1H3,(H,33,37). The maximum absolute atomic E-state index is 14.0. The molecule has 3 aromatic rings. The molecule has 0 aromatic heterocycles. The SMILES string of the molecule is CC(C(=O)NC1CCCC1)N(Cc1c(Cl)cccc1Cl)C(=O)CN(c1ccccc1)S(=O)(=O)c1ccc(Cl)cc1. The molecule has 1 N–H and O–H groups in total. The predicted octanol–water partition coefficient (Wildman–Crippen LogP) is 6.32. The van der Waals surface area contributed by atoms with E-state index in [4.69, 9.17) is 34.8 Å². The van der Waals surface area contributed by atoms with Gasteiger partial charge in [-0.1, -0.05) is 71.9 Å². The number of para-hydroxylation sites is 1. The summed E-state index contributed by atoms with van der Waals surface area (Å²) in [5.74, 6) is -0.915. The Morgan fingerprint density at radius 3 is 2.10 bits per heavy atom. The van der Waals surface area contributed by atoms with Crippen LogP contribution in [0.25, 0.3) is 0 Å². The lowest BCUT2D eigenvalue weighted by atomic mass is 10.1. The van der Waals surface area contributed by atoms with Crippen molar-refractivity contribution in [2.24, 2.45) is 0 Å². The van der Waals surface area contributed by atoms with Crippen LogP contribution in [0.1, 0.15) is 38.2 Å². The van der Waals surface area contributed by atoms with E-state index in [0.717, 1.165) is 30.0 Å². The molecular weight excluding hydrogens is 593 g/mol. The molecule has 0 heterocycles. The van der Waals surface area contributed by atoms with Gasteiger partial charge in [-0.05, 0) is 68.3 Å². The zero-order chi connectivity index (χ0) is 28.9. The molecule has 1 saturated carbocycles. The minimum atomic E-state index is -4.18. The van der Waals surface area contributed by atoms with Crippen molar-refractivity contribution < 1.29 is 18.0 Å². The van der Waals surface area contributed by atoms with Crippen molar-refractivity contribution >= 4 is 62.3 Å². The molecule has 4 rings (SSSR count). The summed E-state index contributed by atoms with van der Waals surface area (Å²) < 4.78 is 28.6. The van der Waals surface area contributed by atoms with Crippen molar-refractivity contribution in [1.82, 2.24) is 10.2 Å². The Morgan fingerprint density at radius 2 is 1.50 bits per heavy atom. The lowest BCUT2D eigenvalue weighted by molar-refractivity contribution is -0.139. The fourth-order valence-electron chi connectivity index (χ4n) is 4.69. The Kier molecular flexibility index (Phi) is 10.0. The first kappa shape index (κ1) is 30.2. The van der Waals surface area contributed by atoms with E-state index in [1.165, 1.54) is 29.2 Å². The summed E-state index contributed by atoms with van der Waals surface area (Å²) in [6.07, 6.45) is 3.82. The van der Waals surface area contributed by atoms with Gasteiger partial charge < -0.3 is 10.2 Å². The molecule has 7 nitrogen and oxygen atoms in total. The zero-order valence-electron chi connectivity index (χ0n) is 21.9. The summed E-state index contributed by atoms with van der Waals surface area (Å²) in [7, 11) is -4.18. The molecule has 3 aromatic carbocycles. The maximum Gasteiger partial charge on any atom is 0.264 e. The fourth-order valence-corrected chi connectivity index (χ4v) is 6.74. The number of sulfonamides is 1. The molecule has 1 atom stereocenters. The molecule has 1 aliphatic rings. The van der Waals surface area contributed by atoms with Gasteiger partial charge in [-0.2, -0.15) is 0 Å². The van der Waals surface area contributed by atoms with Crippen molar-refractivity contribution in [3.05, 3.63) is 93.4 Å². The highest BCUT2D eigenvalue weighted by atomic mass is 35.5. The van der Waals surface area contributed by atoms with Gasteiger partial charge in [0, 0.05) is 33.2 Å². The van der Waals surface area contributed by atoms with E-state index in [1.54, 1.807) is 55.5 Å². The van der Waals surface area contributed by atoms with Crippen LogP contribution in [0.4, 0.5) is 5.69 Å². The van der Waals surface area contributed by atoms with E-state index >= 15 is 0 Å². The number of hydrogen-bond acceptors (Lipinski definition) is 4. The monoisotopic (exact) mass is 621 g/mol. The first-order valence-corrected chi connectivity index (χ1v) is 15.5. The van der Waals surface area contributed by atoms with Crippen LogP contribution in [-0.2, 0) is 26.2 Å². The molecule has 1 aliphatic carbocycles. The lowest BCUT2D eigenvalue weighted by Crippen LogP contribution is -2.52. The van der Waals surface area contributed by atoms with Gasteiger partial charge in [-0.25, -0.2) is 8.42 Å². The number of anilines is 1. The Bertz CT molecular complexity index is 1430. The van der Waals surface area contributed by atoms with Gasteiger partial charge in [-0.3, -0.25) is 13.9 Å². The first-order chi connectivity index (χ1) is 19.1. The molecule has 0 spiro atoms. The quantitative estimate of drug-likeness (QED) is 0.287. The summed E-state index contributed by atoms with van der Waals surface area (Å²) in [6.45, 7) is 0.978. The number of carbonyl (C=O) groups excluding carboxylic acids is 2. The number of benzene rings is 3. The van der Waals surface area contributed by atoms with Crippen LogP contribution >= 0.6 is 34.8 Å². The van der Waals surface area contributed by atoms with Crippen LogP contribution in [-0.4, -0.2) is 43.8 Å². The predicted molar refractivity (Wildman–Crippen MR) is 159 cm³/mol. The fraction of sp³-hybridized carbons (Fsp3) is 0.310. The molecule has 0 radical (unpaired) electrons. The van der Waals surface area contributed by atoms with Crippen molar-refractivity contribution in [2.45, 2.75) is 56.1 Å². The summed E-state index contributed by atoms with van der Waals surface area (Å²) in [4.78, 5) is 28.6. The lowest BCUT2D eigenvalue weighted by Gasteiger charge is -2.33. The minimum absolute atomic E-state index is 0.0266. The van der Waals surface area contributed by atoms with E-state index in [1.807, 2.05) is 0 Å². The summed E-state index contributed by atoms with van der Waals surface area (Å²) in [6, 6.07) is 18.1. The molecule has 212 valence electrons. The average molecular weight is 623 g/mol. The highest BCUT2D eigenvalue weighted by Gasteiger charge is 2.34. The Morgan fingerprint density at radius 1 is 0.900 bits per heavy atom. The molecule has 0 bridgehead atoms. The van der Waals surface area contributed by atoms with E-state index in [9.17, 15) is 18.0 Å². The van der Waals surface area contributed by atoms with Gasteiger partial charge in [0.05, 0.1) is 10.6 Å². The molecule has 0 aliphatic heterocycles. The van der Waals surface area contributed by atoms with Crippen molar-refractivity contribution in [1.29, 1.82) is 0 Å². The van der Waals surface area contributed by atoms with Crippen molar-refractivity contribution in [2.75, 3.05) is 10.8 Å². The number of rotatable bonds is 10. The summed E-state index contributed by atoms with van der Waals surface area (Å²) in [5, 5.41) is 4.08. The van der Waals surface area contributed by atoms with Crippen LogP contribution in [0.5, 0.6) is 0 Å². The Labute approximate surface area is 250 Å². The molecule has 11 heteroatoms. The molecular formula is C29H30Cl3N3O4S. The molecule has 1 fully saturated rings. The highest BCUT2D eigenvalue weighted by molar-refractivity contribution is 7.92. The van der Waals surface area contributed by atoms with E-state index in [0.29, 0.717) is 26.3 Å². The van der Waals surface area contributed by atoms with Gasteiger partial charge in [0.15, 0.2) is 0 Å². The second kappa shape index (κ2) is 13.3. The zero-order valence-corrected chi connectivity index (χ0v) is 25.0. The number of amides is 2. The van der Waals surface area contributed by atoms with E-state index < -0.39 is 28.5 Å². The van der Waals surface area contributed by atoms with Gasteiger partial charge in [0.2, 0.25) is 11.8 Å². The third kappa shape index (κ3) is 7.10. The number of hydrogen-bond donors (Lipinski definition) is 1. The highest BCUT2D eigenvalue weighted by Crippen LogP contribution is 2.29. The van der Waals surface area contributed by atoms with Gasteiger partial charge in [-0.15, -0.1) is 0 Å². The molecule has 2 amide bonds. The van der Waals surface area contributed by atoms with E-state index in [2.05, 4.69) is 5.32 Å². The third-order valence-electron chi connectivity index (χ3n) is 6.98. The van der Waals surface area contributed by atoms with Crippen LogP contribution in [0.3, 0.4) is 0 Å². The number of nitrogens with one attached hydrogen (secondary N) is 1. The largest absolute Gasteiger partial charge is 0.352 e. The Balaban J connectivity index is 1.69. The van der Waals surface area contributed by atoms with Crippen LogP contribution < -0.4 is 9.62 Å². The second-order valence-electron chi connectivity index (χ2n) is 9.69. The first-order valence-electron chi connectivity index (χ1n) is 12.9. The van der Waals surface area contributed by atoms with Crippen LogP contribution in [0.2, 0.25) is 15.1 Å². The van der Waals surface area contributed by atoms with Crippen LogP contribution in [0, 0.1) is 0 Å². The summed E-state index contributed by atoms with van der Waals surface area (Å²) in [5.41, 5.74) is 0.760. The smallest absolute Gasteiger partial charge is 0.264 e. The normalized spacial score (nSPS) is 14.5. The van der Waals surface area contributed by atoms with Gasteiger partial charge in [0.25, 0.3) is 10.0 Å². The minimum Gasteiger partial charge on any atom is -0.352 e. The van der Waals surface area contributed by atoms with Crippen LogP contribution in [0.15, 0.2) is 77.7 Å². The molecule has 40 heavy (non-hydrogen) atoms. The Hall–Kier alpha value is -2.78. The molecule has 0 saturated heterocycles. The topological polar surface area (TPSA) is 86.8 Å². The average Bonchev–Trinajstić information content (AvgIpc) is 3.45. The summed E-state index contributed by atoms with van der Waals surface area (Å²) >= 11 is 18.8. The van der Waals surface area contributed by atoms with Crippen molar-refractivity contribution in [3.8, 4) is 0 Å². The molecule has 1 unspecified atom stereocenters. The van der Waals surface area contributed by atoms with E-state index in [-0.39, 0.29) is 23.4 Å².